The zero-order valence-corrected chi connectivity index (χ0v) is 10.0. The first-order chi connectivity index (χ1) is 8.36. The largest absolute Gasteiger partial charge is 0.381 e. The summed E-state index contributed by atoms with van der Waals surface area (Å²) in [6.45, 7) is 4.56. The van der Waals surface area contributed by atoms with Gasteiger partial charge in [0.15, 0.2) is 0 Å². The smallest absolute Gasteiger partial charge is 0.135 e. The summed E-state index contributed by atoms with van der Waals surface area (Å²) in [5.41, 5.74) is 7.37. The lowest BCUT2D eigenvalue weighted by molar-refractivity contribution is 0.0454. The Morgan fingerprint density at radius 2 is 2.12 bits per heavy atom. The lowest BCUT2D eigenvalue weighted by atomic mass is 9.77. The van der Waals surface area contributed by atoms with Crippen LogP contribution in [0.1, 0.15) is 24.4 Å². The van der Waals surface area contributed by atoms with E-state index >= 15 is 0 Å². The Morgan fingerprint density at radius 3 is 2.88 bits per heavy atom. The molecule has 0 atom stereocenters. The molecule has 0 saturated carbocycles. The van der Waals surface area contributed by atoms with Gasteiger partial charge in [-0.15, -0.1) is 0 Å². The van der Waals surface area contributed by atoms with E-state index in [-0.39, 0.29) is 5.41 Å². The van der Waals surface area contributed by atoms with Crippen molar-refractivity contribution in [3.63, 3.8) is 0 Å². The van der Waals surface area contributed by atoms with Crippen LogP contribution in [0.25, 0.3) is 0 Å². The minimum absolute atomic E-state index is 0.0564. The molecule has 3 rings (SSSR count). The maximum Gasteiger partial charge on any atom is 0.135 e. The quantitative estimate of drug-likeness (QED) is 0.809. The van der Waals surface area contributed by atoms with Crippen molar-refractivity contribution >= 4 is 0 Å². The van der Waals surface area contributed by atoms with Gasteiger partial charge in [-0.3, -0.25) is 0 Å². The standard InChI is InChI=1S/C12H19N3O2/c13-9-12(1-4-16-5-2-12)10-7-14-11-8-17-6-3-15(10)11/h7H,1-6,8-9,13H2. The van der Waals surface area contributed by atoms with E-state index in [1.165, 1.54) is 5.69 Å². The van der Waals surface area contributed by atoms with Crippen molar-refractivity contribution < 1.29 is 9.47 Å². The average Bonchev–Trinajstić information content (AvgIpc) is 2.84. The number of fused-ring (bicyclic) bond motifs is 1. The molecular formula is C12H19N3O2. The van der Waals surface area contributed by atoms with Crippen LogP contribution in [0, 0.1) is 0 Å². The first-order valence-corrected chi connectivity index (χ1v) is 6.26. The van der Waals surface area contributed by atoms with Gasteiger partial charge >= 0.3 is 0 Å². The van der Waals surface area contributed by atoms with Gasteiger partial charge in [-0.1, -0.05) is 0 Å². The van der Waals surface area contributed by atoms with Crippen molar-refractivity contribution in [2.45, 2.75) is 31.4 Å². The van der Waals surface area contributed by atoms with E-state index in [1.54, 1.807) is 0 Å². The molecule has 0 aliphatic carbocycles. The number of hydrogen-bond donors (Lipinski definition) is 1. The summed E-state index contributed by atoms with van der Waals surface area (Å²) in [5.74, 6) is 1.03. The lowest BCUT2D eigenvalue weighted by Crippen LogP contribution is -2.42. The highest BCUT2D eigenvalue weighted by molar-refractivity contribution is 5.20. The van der Waals surface area contributed by atoms with Crippen LogP contribution in [0.3, 0.4) is 0 Å². The molecule has 2 N–H and O–H groups in total. The minimum Gasteiger partial charge on any atom is -0.381 e. The zero-order chi connectivity index (χ0) is 11.7. The molecule has 5 heteroatoms. The van der Waals surface area contributed by atoms with Crippen molar-refractivity contribution in [2.24, 2.45) is 5.73 Å². The van der Waals surface area contributed by atoms with Crippen molar-refractivity contribution in [3.8, 4) is 0 Å². The van der Waals surface area contributed by atoms with E-state index in [9.17, 15) is 0 Å². The third kappa shape index (κ3) is 1.78. The molecule has 3 heterocycles. The summed E-state index contributed by atoms with van der Waals surface area (Å²) >= 11 is 0. The Balaban J connectivity index is 1.98. The summed E-state index contributed by atoms with van der Waals surface area (Å²) in [4.78, 5) is 4.47. The van der Waals surface area contributed by atoms with E-state index in [1.807, 2.05) is 6.20 Å². The third-order valence-corrected chi connectivity index (χ3v) is 4.01. The number of imidazole rings is 1. The maximum atomic E-state index is 6.03. The molecule has 17 heavy (non-hydrogen) atoms. The molecule has 94 valence electrons. The summed E-state index contributed by atoms with van der Waals surface area (Å²) in [6.07, 6.45) is 3.98. The Bertz CT molecular complexity index is 396. The van der Waals surface area contributed by atoms with Gasteiger partial charge in [0.05, 0.1) is 6.61 Å². The van der Waals surface area contributed by atoms with Crippen LogP contribution in [-0.4, -0.2) is 35.9 Å². The summed E-state index contributed by atoms with van der Waals surface area (Å²) < 4.78 is 13.2. The molecule has 1 saturated heterocycles. The van der Waals surface area contributed by atoms with Gasteiger partial charge in [0, 0.05) is 43.6 Å². The van der Waals surface area contributed by atoms with Crippen LogP contribution in [0.2, 0.25) is 0 Å². The predicted octanol–water partition coefficient (Wildman–Crippen LogP) is 0.420. The zero-order valence-electron chi connectivity index (χ0n) is 10.0. The monoisotopic (exact) mass is 237 g/mol. The highest BCUT2D eigenvalue weighted by Gasteiger charge is 2.37. The van der Waals surface area contributed by atoms with Crippen LogP contribution in [0.15, 0.2) is 6.20 Å². The van der Waals surface area contributed by atoms with Crippen molar-refractivity contribution in [1.29, 1.82) is 0 Å². The van der Waals surface area contributed by atoms with E-state index in [2.05, 4.69) is 9.55 Å². The highest BCUT2D eigenvalue weighted by Crippen LogP contribution is 2.34. The van der Waals surface area contributed by atoms with Gasteiger partial charge in [-0.25, -0.2) is 4.98 Å². The number of nitrogens with zero attached hydrogens (tertiary/aromatic N) is 2. The molecule has 1 aromatic heterocycles. The Labute approximate surface area is 101 Å². The Morgan fingerprint density at radius 1 is 1.29 bits per heavy atom. The molecule has 1 aromatic rings. The van der Waals surface area contributed by atoms with Crippen LogP contribution in [0.5, 0.6) is 0 Å². The molecule has 0 amide bonds. The second-order valence-corrected chi connectivity index (χ2v) is 4.86. The first-order valence-electron chi connectivity index (χ1n) is 6.26. The molecule has 2 aliphatic heterocycles. The van der Waals surface area contributed by atoms with Crippen molar-refractivity contribution in [1.82, 2.24) is 9.55 Å². The second-order valence-electron chi connectivity index (χ2n) is 4.86. The van der Waals surface area contributed by atoms with Crippen LogP contribution < -0.4 is 5.73 Å². The molecule has 0 aromatic carbocycles. The van der Waals surface area contributed by atoms with Crippen molar-refractivity contribution in [2.75, 3.05) is 26.4 Å². The van der Waals surface area contributed by atoms with Gasteiger partial charge in [-0.05, 0) is 12.8 Å². The van der Waals surface area contributed by atoms with Gasteiger partial charge in [-0.2, -0.15) is 0 Å². The van der Waals surface area contributed by atoms with E-state index in [0.29, 0.717) is 13.2 Å². The topological polar surface area (TPSA) is 62.3 Å². The van der Waals surface area contributed by atoms with E-state index in [4.69, 9.17) is 15.2 Å². The minimum atomic E-state index is 0.0564. The third-order valence-electron chi connectivity index (χ3n) is 4.01. The molecule has 0 unspecified atom stereocenters. The first kappa shape index (κ1) is 11.2. The fourth-order valence-corrected chi connectivity index (χ4v) is 2.85. The molecule has 1 fully saturated rings. The molecule has 0 spiro atoms. The molecule has 0 radical (unpaired) electrons. The van der Waals surface area contributed by atoms with Gasteiger partial charge < -0.3 is 19.8 Å². The molecular weight excluding hydrogens is 218 g/mol. The lowest BCUT2D eigenvalue weighted by Gasteiger charge is -2.37. The van der Waals surface area contributed by atoms with Gasteiger partial charge in [0.25, 0.3) is 0 Å². The predicted molar refractivity (Wildman–Crippen MR) is 62.7 cm³/mol. The maximum absolute atomic E-state index is 6.03. The highest BCUT2D eigenvalue weighted by atomic mass is 16.5. The molecule has 2 aliphatic rings. The summed E-state index contributed by atoms with van der Waals surface area (Å²) in [5, 5.41) is 0. The fraction of sp³-hybridized carbons (Fsp3) is 0.750. The number of rotatable bonds is 2. The Kier molecular flexibility index (Phi) is 2.90. The SMILES string of the molecule is NCC1(c2cnc3n2CCOC3)CCOCC1. The summed E-state index contributed by atoms with van der Waals surface area (Å²) in [7, 11) is 0. The summed E-state index contributed by atoms with van der Waals surface area (Å²) in [6, 6.07) is 0. The normalized spacial score (nSPS) is 23.4. The number of aromatic nitrogens is 2. The molecule has 5 nitrogen and oxygen atoms in total. The average molecular weight is 237 g/mol. The van der Waals surface area contributed by atoms with Gasteiger partial charge in [0.1, 0.15) is 12.4 Å². The van der Waals surface area contributed by atoms with Crippen LogP contribution in [-0.2, 0) is 28.0 Å². The van der Waals surface area contributed by atoms with E-state index < -0.39 is 0 Å². The van der Waals surface area contributed by atoms with Crippen molar-refractivity contribution in [3.05, 3.63) is 17.7 Å². The van der Waals surface area contributed by atoms with Crippen LogP contribution >= 0.6 is 0 Å². The number of hydrogen-bond acceptors (Lipinski definition) is 4. The second kappa shape index (κ2) is 4.40. The fourth-order valence-electron chi connectivity index (χ4n) is 2.85. The Hall–Kier alpha value is -0.910. The molecule has 0 bridgehead atoms. The van der Waals surface area contributed by atoms with Gasteiger partial charge in [0.2, 0.25) is 0 Å². The van der Waals surface area contributed by atoms with E-state index in [0.717, 1.165) is 45.0 Å². The number of nitrogens with two attached hydrogens (primary N) is 1. The van der Waals surface area contributed by atoms with Crippen LogP contribution in [0.4, 0.5) is 0 Å². The number of ether oxygens (including phenoxy) is 2.